The van der Waals surface area contributed by atoms with Crippen molar-refractivity contribution in [3.63, 3.8) is 0 Å². The normalized spacial score (nSPS) is 13.9. The molecule has 2 heterocycles. The van der Waals surface area contributed by atoms with Crippen LogP contribution in [0.15, 0.2) is 30.5 Å². The first-order chi connectivity index (χ1) is 10.1. The first-order valence-electron chi connectivity index (χ1n) is 7.20. The number of carbonyl (C=O) groups excluding carboxylic acids is 1. The number of pyridine rings is 1. The molecule has 1 aliphatic rings. The lowest BCUT2D eigenvalue weighted by Gasteiger charge is -2.31. The highest BCUT2D eigenvalue weighted by atomic mass is 16.2. The van der Waals surface area contributed by atoms with Crippen LogP contribution in [0, 0.1) is 13.8 Å². The van der Waals surface area contributed by atoms with Crippen molar-refractivity contribution in [2.24, 2.45) is 0 Å². The maximum atomic E-state index is 12.9. The molecule has 0 fully saturated rings. The Labute approximate surface area is 124 Å². The lowest BCUT2D eigenvalue weighted by Crippen LogP contribution is -2.36. The van der Waals surface area contributed by atoms with Crippen LogP contribution in [-0.4, -0.2) is 17.4 Å². The van der Waals surface area contributed by atoms with Gasteiger partial charge in [-0.05, 0) is 43.9 Å². The minimum Gasteiger partial charge on any atom is -0.397 e. The second-order valence-electron chi connectivity index (χ2n) is 5.54. The Morgan fingerprint density at radius 2 is 2.14 bits per heavy atom. The van der Waals surface area contributed by atoms with Crippen LogP contribution in [0.1, 0.15) is 33.6 Å². The van der Waals surface area contributed by atoms with Crippen molar-refractivity contribution in [3.8, 4) is 0 Å². The predicted molar refractivity (Wildman–Crippen MR) is 84.6 cm³/mol. The first-order valence-corrected chi connectivity index (χ1v) is 7.20. The number of nitrogen functional groups attached to an aromatic ring is 1. The van der Waals surface area contributed by atoms with Gasteiger partial charge in [0, 0.05) is 6.54 Å². The lowest BCUT2D eigenvalue weighted by molar-refractivity contribution is 0.0984. The molecule has 0 saturated carbocycles. The molecule has 0 radical (unpaired) electrons. The van der Waals surface area contributed by atoms with Crippen LogP contribution < -0.4 is 10.6 Å². The van der Waals surface area contributed by atoms with Crippen molar-refractivity contribution < 1.29 is 4.79 Å². The number of hydrogen-bond acceptors (Lipinski definition) is 3. The monoisotopic (exact) mass is 281 g/mol. The summed E-state index contributed by atoms with van der Waals surface area (Å²) in [6, 6.07) is 7.92. The summed E-state index contributed by atoms with van der Waals surface area (Å²) < 4.78 is 0. The number of para-hydroxylation sites is 1. The maximum absolute atomic E-state index is 12.9. The Morgan fingerprint density at radius 3 is 2.95 bits per heavy atom. The van der Waals surface area contributed by atoms with Gasteiger partial charge in [-0.1, -0.05) is 18.2 Å². The van der Waals surface area contributed by atoms with E-state index in [1.807, 2.05) is 11.8 Å². The van der Waals surface area contributed by atoms with Crippen LogP contribution in [0.4, 0.5) is 11.4 Å². The number of hydrogen-bond donors (Lipinski definition) is 1. The molecular weight excluding hydrogens is 262 g/mol. The third-order valence-electron chi connectivity index (χ3n) is 4.00. The zero-order chi connectivity index (χ0) is 15.0. The minimum absolute atomic E-state index is 0.0115. The van der Waals surface area contributed by atoms with Crippen molar-refractivity contribution >= 4 is 17.3 Å². The van der Waals surface area contributed by atoms with Gasteiger partial charge in [0.05, 0.1) is 28.8 Å². The number of aromatic nitrogens is 1. The molecule has 0 spiro atoms. The molecule has 0 aliphatic carbocycles. The molecule has 2 N–H and O–H groups in total. The Kier molecular flexibility index (Phi) is 3.37. The highest BCUT2D eigenvalue weighted by Gasteiger charge is 2.26. The number of benzene rings is 1. The minimum atomic E-state index is -0.0115. The summed E-state index contributed by atoms with van der Waals surface area (Å²) in [6.07, 6.45) is 3.59. The van der Waals surface area contributed by atoms with Crippen LogP contribution in [0.3, 0.4) is 0 Å². The van der Waals surface area contributed by atoms with E-state index in [9.17, 15) is 4.79 Å². The van der Waals surface area contributed by atoms with E-state index in [1.54, 1.807) is 12.3 Å². The zero-order valence-corrected chi connectivity index (χ0v) is 12.4. The Hall–Kier alpha value is -2.36. The van der Waals surface area contributed by atoms with E-state index in [2.05, 4.69) is 30.1 Å². The average Bonchev–Trinajstić information content (AvgIpc) is 2.49. The van der Waals surface area contributed by atoms with Crippen LogP contribution >= 0.6 is 0 Å². The molecule has 0 atom stereocenters. The number of aryl methyl sites for hydroxylation is 3. The zero-order valence-electron chi connectivity index (χ0n) is 12.4. The van der Waals surface area contributed by atoms with E-state index < -0.39 is 0 Å². The third kappa shape index (κ3) is 2.37. The number of anilines is 2. The predicted octanol–water partition coefficient (Wildman–Crippen LogP) is 2.87. The number of rotatable bonds is 1. The second kappa shape index (κ2) is 5.20. The van der Waals surface area contributed by atoms with Gasteiger partial charge < -0.3 is 10.6 Å². The molecule has 4 heteroatoms. The molecular formula is C17H19N3O. The highest BCUT2D eigenvalue weighted by molar-refractivity contribution is 6.08. The molecule has 0 unspecified atom stereocenters. The molecule has 2 aromatic rings. The summed E-state index contributed by atoms with van der Waals surface area (Å²) in [5.74, 6) is -0.0115. The van der Waals surface area contributed by atoms with Gasteiger partial charge in [-0.15, -0.1) is 0 Å². The van der Waals surface area contributed by atoms with Crippen LogP contribution in [0.25, 0.3) is 0 Å². The third-order valence-corrected chi connectivity index (χ3v) is 4.00. The van der Waals surface area contributed by atoms with E-state index in [0.29, 0.717) is 11.3 Å². The van der Waals surface area contributed by atoms with Crippen LogP contribution in [0.5, 0.6) is 0 Å². The Morgan fingerprint density at radius 1 is 1.33 bits per heavy atom. The Balaban J connectivity index is 2.06. The molecule has 21 heavy (non-hydrogen) atoms. The summed E-state index contributed by atoms with van der Waals surface area (Å²) in [7, 11) is 0. The number of fused-ring (bicyclic) bond motifs is 1. The average molecular weight is 281 g/mol. The number of carbonyl (C=O) groups is 1. The quantitative estimate of drug-likeness (QED) is 0.874. The van der Waals surface area contributed by atoms with Crippen molar-refractivity contribution in [2.75, 3.05) is 17.2 Å². The largest absolute Gasteiger partial charge is 0.397 e. The molecule has 1 aromatic heterocycles. The van der Waals surface area contributed by atoms with Crippen molar-refractivity contribution in [3.05, 3.63) is 52.8 Å². The van der Waals surface area contributed by atoms with Crippen LogP contribution in [-0.2, 0) is 6.42 Å². The Bertz CT molecular complexity index is 709. The molecule has 3 rings (SSSR count). The molecule has 4 nitrogen and oxygen atoms in total. The molecule has 0 saturated heterocycles. The summed E-state index contributed by atoms with van der Waals surface area (Å²) >= 11 is 0. The van der Waals surface area contributed by atoms with Gasteiger partial charge in [-0.3, -0.25) is 9.78 Å². The molecule has 1 amide bonds. The summed E-state index contributed by atoms with van der Waals surface area (Å²) in [5, 5.41) is 0. The number of nitrogens with zero attached hydrogens (tertiary/aromatic N) is 2. The van der Waals surface area contributed by atoms with E-state index >= 15 is 0 Å². The van der Waals surface area contributed by atoms with E-state index in [1.165, 1.54) is 5.56 Å². The second-order valence-corrected chi connectivity index (χ2v) is 5.54. The van der Waals surface area contributed by atoms with E-state index in [-0.39, 0.29) is 5.91 Å². The summed E-state index contributed by atoms with van der Waals surface area (Å²) in [4.78, 5) is 19.0. The number of nitrogens with two attached hydrogens (primary N) is 1. The van der Waals surface area contributed by atoms with Gasteiger partial charge in [-0.2, -0.15) is 0 Å². The highest BCUT2D eigenvalue weighted by Crippen LogP contribution is 2.32. The van der Waals surface area contributed by atoms with Crippen molar-refractivity contribution in [1.82, 2.24) is 4.98 Å². The van der Waals surface area contributed by atoms with Gasteiger partial charge in [0.15, 0.2) is 0 Å². The van der Waals surface area contributed by atoms with Gasteiger partial charge in [0.1, 0.15) is 0 Å². The molecule has 0 bridgehead atoms. The van der Waals surface area contributed by atoms with Gasteiger partial charge in [-0.25, -0.2) is 0 Å². The number of amides is 1. The van der Waals surface area contributed by atoms with Gasteiger partial charge >= 0.3 is 0 Å². The summed E-state index contributed by atoms with van der Waals surface area (Å²) in [6.45, 7) is 4.63. The molecule has 1 aliphatic heterocycles. The molecule has 108 valence electrons. The lowest BCUT2D eigenvalue weighted by atomic mass is 9.97. The van der Waals surface area contributed by atoms with Crippen LogP contribution in [0.2, 0.25) is 0 Å². The summed E-state index contributed by atoms with van der Waals surface area (Å²) in [5.41, 5.74) is 11.0. The fourth-order valence-corrected chi connectivity index (χ4v) is 2.96. The fourth-order valence-electron chi connectivity index (χ4n) is 2.96. The standard InChI is InChI=1S/C17H19N3O/c1-11-5-3-6-13-7-4-8-20(16(11)13)17(21)15-9-14(18)10-19-12(15)2/h3,5-6,9-10H,4,7-8,18H2,1-2H3. The van der Waals surface area contributed by atoms with E-state index in [0.717, 1.165) is 36.3 Å². The molecule has 1 aromatic carbocycles. The topological polar surface area (TPSA) is 59.2 Å². The van der Waals surface area contributed by atoms with E-state index in [4.69, 9.17) is 5.73 Å². The first kappa shape index (κ1) is 13.6. The fraction of sp³-hybridized carbons (Fsp3) is 0.294. The van der Waals surface area contributed by atoms with Crippen molar-refractivity contribution in [2.45, 2.75) is 26.7 Å². The van der Waals surface area contributed by atoms with Gasteiger partial charge in [0.25, 0.3) is 5.91 Å². The SMILES string of the molecule is Cc1cccc2c1N(C(=O)c1cc(N)cnc1C)CCC2. The maximum Gasteiger partial charge on any atom is 0.260 e. The van der Waals surface area contributed by atoms with Gasteiger partial charge in [0.2, 0.25) is 0 Å². The van der Waals surface area contributed by atoms with Crippen molar-refractivity contribution in [1.29, 1.82) is 0 Å². The smallest absolute Gasteiger partial charge is 0.260 e.